The highest BCUT2D eigenvalue weighted by atomic mass is 35.5. The number of unbranched alkanes of at least 4 members (excludes halogenated alkanes) is 1. The third-order valence-corrected chi connectivity index (χ3v) is 3.03. The molecule has 0 aliphatic rings. The molecule has 3 heteroatoms. The van der Waals surface area contributed by atoms with Gasteiger partial charge in [-0.15, -0.1) is 0 Å². The van der Waals surface area contributed by atoms with Crippen LogP contribution in [0.25, 0.3) is 10.8 Å². The predicted molar refractivity (Wildman–Crippen MR) is 74.5 cm³/mol. The molecule has 18 heavy (non-hydrogen) atoms. The standard InChI is InChI=1S/C15H15ClO2/c1-2-3-10-18-13-9-8-11-6-4-5-7-12(11)14(13)15(16)17/h4-9H,2-3,10H2,1H3. The first-order valence-electron chi connectivity index (χ1n) is 6.08. The molecule has 0 atom stereocenters. The second-order valence-corrected chi connectivity index (χ2v) is 4.48. The summed E-state index contributed by atoms with van der Waals surface area (Å²) in [5.41, 5.74) is 0.464. The van der Waals surface area contributed by atoms with Crippen molar-refractivity contribution in [2.75, 3.05) is 6.61 Å². The summed E-state index contributed by atoms with van der Waals surface area (Å²) in [6.07, 6.45) is 2.01. The Morgan fingerprint density at radius 2 is 2.00 bits per heavy atom. The van der Waals surface area contributed by atoms with Crippen molar-refractivity contribution in [2.24, 2.45) is 0 Å². The first-order chi connectivity index (χ1) is 8.74. The smallest absolute Gasteiger partial charge is 0.256 e. The van der Waals surface area contributed by atoms with Gasteiger partial charge >= 0.3 is 0 Å². The van der Waals surface area contributed by atoms with Crippen molar-refractivity contribution in [3.8, 4) is 5.75 Å². The summed E-state index contributed by atoms with van der Waals surface area (Å²) in [5, 5.41) is 1.36. The van der Waals surface area contributed by atoms with E-state index in [0.717, 1.165) is 23.6 Å². The van der Waals surface area contributed by atoms with Crippen LogP contribution in [0, 0.1) is 0 Å². The molecule has 0 aliphatic carbocycles. The molecule has 2 aromatic rings. The molecule has 2 aromatic carbocycles. The van der Waals surface area contributed by atoms with Crippen LogP contribution in [-0.2, 0) is 0 Å². The topological polar surface area (TPSA) is 26.3 Å². The van der Waals surface area contributed by atoms with Crippen LogP contribution >= 0.6 is 11.6 Å². The minimum Gasteiger partial charge on any atom is -0.493 e. The maximum Gasteiger partial charge on any atom is 0.256 e. The predicted octanol–water partition coefficient (Wildman–Crippen LogP) is 4.40. The quantitative estimate of drug-likeness (QED) is 0.590. The second kappa shape index (κ2) is 5.87. The van der Waals surface area contributed by atoms with Crippen molar-refractivity contribution < 1.29 is 9.53 Å². The minimum atomic E-state index is -0.474. The number of fused-ring (bicyclic) bond motifs is 1. The van der Waals surface area contributed by atoms with Gasteiger partial charge in [0.15, 0.2) is 0 Å². The van der Waals surface area contributed by atoms with E-state index in [1.165, 1.54) is 0 Å². The van der Waals surface area contributed by atoms with Crippen LogP contribution in [0.2, 0.25) is 0 Å². The molecule has 0 N–H and O–H groups in total. The molecule has 2 nitrogen and oxygen atoms in total. The van der Waals surface area contributed by atoms with Gasteiger partial charge in [0.05, 0.1) is 12.2 Å². The summed E-state index contributed by atoms with van der Waals surface area (Å²) in [6.45, 7) is 2.70. The number of carbonyl (C=O) groups is 1. The average Bonchev–Trinajstić information content (AvgIpc) is 2.38. The fourth-order valence-corrected chi connectivity index (χ4v) is 2.10. The molecule has 0 aliphatic heterocycles. The summed E-state index contributed by atoms with van der Waals surface area (Å²) in [7, 11) is 0. The Kier molecular flexibility index (Phi) is 4.21. The van der Waals surface area contributed by atoms with Crippen LogP contribution in [0.4, 0.5) is 0 Å². The van der Waals surface area contributed by atoms with Crippen LogP contribution in [0.5, 0.6) is 5.75 Å². The van der Waals surface area contributed by atoms with Crippen LogP contribution in [-0.4, -0.2) is 11.8 Å². The lowest BCUT2D eigenvalue weighted by Gasteiger charge is -2.11. The van der Waals surface area contributed by atoms with Crippen molar-refractivity contribution >= 4 is 27.6 Å². The van der Waals surface area contributed by atoms with Crippen molar-refractivity contribution in [3.63, 3.8) is 0 Å². The maximum atomic E-state index is 11.6. The fourth-order valence-electron chi connectivity index (χ4n) is 1.90. The normalized spacial score (nSPS) is 10.6. The summed E-state index contributed by atoms with van der Waals surface area (Å²) >= 11 is 5.68. The lowest BCUT2D eigenvalue weighted by atomic mass is 10.0. The van der Waals surface area contributed by atoms with E-state index in [1.54, 1.807) is 0 Å². The highest BCUT2D eigenvalue weighted by molar-refractivity contribution is 6.69. The third-order valence-electron chi connectivity index (χ3n) is 2.84. The summed E-state index contributed by atoms with van der Waals surface area (Å²) < 4.78 is 5.64. The molecule has 0 aromatic heterocycles. The van der Waals surface area contributed by atoms with Crippen LogP contribution in [0.3, 0.4) is 0 Å². The van der Waals surface area contributed by atoms with Crippen molar-refractivity contribution in [1.82, 2.24) is 0 Å². The molecule has 0 amide bonds. The minimum absolute atomic E-state index is 0.464. The molecule has 94 valence electrons. The lowest BCUT2D eigenvalue weighted by Crippen LogP contribution is -2.02. The monoisotopic (exact) mass is 262 g/mol. The maximum absolute atomic E-state index is 11.6. The van der Waals surface area contributed by atoms with Gasteiger partial charge in [-0.3, -0.25) is 4.79 Å². The zero-order valence-electron chi connectivity index (χ0n) is 10.3. The lowest BCUT2D eigenvalue weighted by molar-refractivity contribution is 0.107. The van der Waals surface area contributed by atoms with Crippen LogP contribution in [0.1, 0.15) is 30.1 Å². The van der Waals surface area contributed by atoms with Gasteiger partial charge in [-0.1, -0.05) is 43.7 Å². The first-order valence-corrected chi connectivity index (χ1v) is 6.46. The molecule has 0 heterocycles. The van der Waals surface area contributed by atoms with Gasteiger partial charge < -0.3 is 4.74 Å². The molecule has 2 rings (SSSR count). The number of rotatable bonds is 5. The van der Waals surface area contributed by atoms with Gasteiger partial charge in [0.1, 0.15) is 5.75 Å². The van der Waals surface area contributed by atoms with Crippen LogP contribution in [0.15, 0.2) is 36.4 Å². The highest BCUT2D eigenvalue weighted by Crippen LogP contribution is 2.29. The molecule has 0 saturated carbocycles. The largest absolute Gasteiger partial charge is 0.493 e. The number of hydrogen-bond donors (Lipinski definition) is 0. The second-order valence-electron chi connectivity index (χ2n) is 4.14. The van der Waals surface area contributed by atoms with Crippen molar-refractivity contribution in [2.45, 2.75) is 19.8 Å². The molecule has 0 radical (unpaired) electrons. The number of hydrogen-bond acceptors (Lipinski definition) is 2. The van der Waals surface area contributed by atoms with E-state index in [4.69, 9.17) is 16.3 Å². The van der Waals surface area contributed by atoms with E-state index in [1.807, 2.05) is 36.4 Å². The zero-order chi connectivity index (χ0) is 13.0. The Morgan fingerprint density at radius 1 is 1.22 bits per heavy atom. The average molecular weight is 263 g/mol. The van der Waals surface area contributed by atoms with Crippen molar-refractivity contribution in [3.05, 3.63) is 42.0 Å². The number of carbonyl (C=O) groups excluding carboxylic acids is 1. The first kappa shape index (κ1) is 12.9. The Morgan fingerprint density at radius 3 is 2.72 bits per heavy atom. The molecule has 0 fully saturated rings. The van der Waals surface area contributed by atoms with Gasteiger partial charge in [0.2, 0.25) is 0 Å². The molecule has 0 saturated heterocycles. The van der Waals surface area contributed by atoms with E-state index < -0.39 is 5.24 Å². The summed E-state index contributed by atoms with van der Waals surface area (Å²) in [5.74, 6) is 0.571. The Balaban J connectivity index is 2.46. The molecule has 0 spiro atoms. The van der Waals surface area contributed by atoms with Gasteiger partial charge in [-0.2, -0.15) is 0 Å². The Bertz CT molecular complexity index is 563. The summed E-state index contributed by atoms with van der Waals surface area (Å²) in [4.78, 5) is 11.6. The SMILES string of the molecule is CCCCOc1ccc2ccccc2c1C(=O)Cl. The number of benzene rings is 2. The van der Waals surface area contributed by atoms with Gasteiger partial charge in [0.25, 0.3) is 5.24 Å². The Hall–Kier alpha value is -1.54. The van der Waals surface area contributed by atoms with E-state index >= 15 is 0 Å². The highest BCUT2D eigenvalue weighted by Gasteiger charge is 2.14. The number of halogens is 1. The molecule has 0 unspecified atom stereocenters. The zero-order valence-corrected chi connectivity index (χ0v) is 11.0. The molecule has 0 bridgehead atoms. The van der Waals surface area contributed by atoms with E-state index in [2.05, 4.69) is 6.92 Å². The molecular formula is C15H15ClO2. The molecular weight excluding hydrogens is 248 g/mol. The Labute approximate surface area is 112 Å². The van der Waals surface area contributed by atoms with E-state index in [0.29, 0.717) is 17.9 Å². The van der Waals surface area contributed by atoms with Crippen molar-refractivity contribution in [1.29, 1.82) is 0 Å². The van der Waals surface area contributed by atoms with E-state index in [9.17, 15) is 4.79 Å². The van der Waals surface area contributed by atoms with Gasteiger partial charge in [-0.05, 0) is 34.9 Å². The van der Waals surface area contributed by atoms with E-state index in [-0.39, 0.29) is 0 Å². The van der Waals surface area contributed by atoms with Gasteiger partial charge in [0, 0.05) is 0 Å². The van der Waals surface area contributed by atoms with Crippen LogP contribution < -0.4 is 4.74 Å². The third kappa shape index (κ3) is 2.65. The summed E-state index contributed by atoms with van der Waals surface area (Å²) in [6, 6.07) is 11.4. The number of ether oxygens (including phenoxy) is 1. The van der Waals surface area contributed by atoms with Gasteiger partial charge in [-0.25, -0.2) is 0 Å². The fraction of sp³-hybridized carbons (Fsp3) is 0.267.